The second-order valence-corrected chi connectivity index (χ2v) is 6.17. The minimum Gasteiger partial charge on any atom is -0.468 e. The number of halogens is 1. The molecule has 0 saturated heterocycles. The third-order valence-corrected chi connectivity index (χ3v) is 4.15. The smallest absolute Gasteiger partial charge is 0.325 e. The van der Waals surface area contributed by atoms with Gasteiger partial charge in [-0.1, -0.05) is 17.3 Å². The SMILES string of the molecule is COC(=O)CNC(=O)c1ccc(NC(=O)[C@H]2CC(c3cccc(F)c3)=NO2)cc1. The molecular formula is C20H18FN3O5. The van der Waals surface area contributed by atoms with Gasteiger partial charge in [0.2, 0.25) is 6.10 Å². The molecule has 2 N–H and O–H groups in total. The van der Waals surface area contributed by atoms with Crippen molar-refractivity contribution in [3.05, 3.63) is 65.5 Å². The van der Waals surface area contributed by atoms with E-state index in [1.807, 2.05) is 0 Å². The second kappa shape index (κ2) is 8.96. The van der Waals surface area contributed by atoms with Crippen LogP contribution in [0.1, 0.15) is 22.3 Å². The maximum atomic E-state index is 13.3. The maximum absolute atomic E-state index is 13.3. The summed E-state index contributed by atoms with van der Waals surface area (Å²) in [5.41, 5.74) is 1.83. The van der Waals surface area contributed by atoms with Crippen LogP contribution in [0.15, 0.2) is 53.7 Å². The Morgan fingerprint density at radius 2 is 1.97 bits per heavy atom. The second-order valence-electron chi connectivity index (χ2n) is 6.17. The molecule has 0 unspecified atom stereocenters. The number of anilines is 1. The van der Waals surface area contributed by atoms with Crippen LogP contribution in [0.25, 0.3) is 0 Å². The highest BCUT2D eigenvalue weighted by molar-refractivity contribution is 6.06. The fourth-order valence-electron chi connectivity index (χ4n) is 2.61. The summed E-state index contributed by atoms with van der Waals surface area (Å²) in [4.78, 5) is 40.5. The number of oxime groups is 1. The van der Waals surface area contributed by atoms with E-state index in [9.17, 15) is 18.8 Å². The number of amides is 2. The fraction of sp³-hybridized carbons (Fsp3) is 0.200. The summed E-state index contributed by atoms with van der Waals surface area (Å²) >= 11 is 0. The predicted octanol–water partition coefficient (Wildman–Crippen LogP) is 1.86. The third kappa shape index (κ3) is 5.16. The average Bonchev–Trinajstić information content (AvgIpc) is 3.23. The van der Waals surface area contributed by atoms with Gasteiger partial charge in [0.1, 0.15) is 12.4 Å². The maximum Gasteiger partial charge on any atom is 0.325 e. The van der Waals surface area contributed by atoms with Gasteiger partial charge in [0.15, 0.2) is 0 Å². The summed E-state index contributed by atoms with van der Waals surface area (Å²) in [7, 11) is 1.23. The number of nitrogens with one attached hydrogen (secondary N) is 2. The summed E-state index contributed by atoms with van der Waals surface area (Å²) in [6, 6.07) is 12.0. The first-order valence-corrected chi connectivity index (χ1v) is 8.71. The summed E-state index contributed by atoms with van der Waals surface area (Å²) in [6.45, 7) is -0.236. The molecule has 0 aromatic heterocycles. The molecule has 3 rings (SSSR count). The van der Waals surface area contributed by atoms with Crippen LogP contribution in [-0.4, -0.2) is 43.3 Å². The molecule has 0 radical (unpaired) electrons. The molecule has 2 aromatic carbocycles. The lowest BCUT2D eigenvalue weighted by molar-refractivity contribution is -0.139. The normalized spacial score (nSPS) is 15.1. The van der Waals surface area contributed by atoms with Crippen LogP contribution in [0.3, 0.4) is 0 Å². The van der Waals surface area contributed by atoms with Crippen molar-refractivity contribution in [2.75, 3.05) is 19.0 Å². The number of hydrogen-bond donors (Lipinski definition) is 2. The number of hydrogen-bond acceptors (Lipinski definition) is 6. The van der Waals surface area contributed by atoms with E-state index in [1.54, 1.807) is 24.3 Å². The molecule has 9 heteroatoms. The van der Waals surface area contributed by atoms with Crippen molar-refractivity contribution in [1.82, 2.24) is 5.32 Å². The van der Waals surface area contributed by atoms with Crippen molar-refractivity contribution >= 4 is 29.2 Å². The van der Waals surface area contributed by atoms with Gasteiger partial charge in [0.25, 0.3) is 11.8 Å². The molecule has 2 aromatic rings. The monoisotopic (exact) mass is 399 g/mol. The molecule has 0 aliphatic carbocycles. The number of nitrogens with zero attached hydrogens (tertiary/aromatic N) is 1. The number of methoxy groups -OCH3 is 1. The quantitative estimate of drug-likeness (QED) is 0.722. The van der Waals surface area contributed by atoms with E-state index in [4.69, 9.17) is 4.84 Å². The fourth-order valence-corrected chi connectivity index (χ4v) is 2.61. The Hall–Kier alpha value is -3.75. The molecule has 1 aliphatic rings. The zero-order valence-corrected chi connectivity index (χ0v) is 15.5. The van der Waals surface area contributed by atoms with E-state index in [2.05, 4.69) is 20.5 Å². The average molecular weight is 399 g/mol. The largest absolute Gasteiger partial charge is 0.468 e. The summed E-state index contributed by atoms with van der Waals surface area (Å²) in [6.07, 6.45) is -0.625. The van der Waals surface area contributed by atoms with Gasteiger partial charge in [0, 0.05) is 23.2 Å². The van der Waals surface area contributed by atoms with E-state index in [1.165, 1.54) is 31.4 Å². The van der Waals surface area contributed by atoms with Gasteiger partial charge < -0.3 is 20.2 Å². The molecule has 0 saturated carbocycles. The van der Waals surface area contributed by atoms with Crippen molar-refractivity contribution in [1.29, 1.82) is 0 Å². The highest BCUT2D eigenvalue weighted by Gasteiger charge is 2.29. The Kier molecular flexibility index (Phi) is 6.18. The summed E-state index contributed by atoms with van der Waals surface area (Å²) < 4.78 is 17.8. The van der Waals surface area contributed by atoms with Gasteiger partial charge in [-0.25, -0.2) is 4.39 Å². The first-order valence-electron chi connectivity index (χ1n) is 8.71. The van der Waals surface area contributed by atoms with Crippen LogP contribution >= 0.6 is 0 Å². The Morgan fingerprint density at radius 3 is 2.66 bits per heavy atom. The molecule has 150 valence electrons. The lowest BCUT2D eigenvalue weighted by atomic mass is 10.0. The van der Waals surface area contributed by atoms with Crippen LogP contribution in [0.4, 0.5) is 10.1 Å². The molecule has 1 aliphatic heterocycles. The molecule has 29 heavy (non-hydrogen) atoms. The van der Waals surface area contributed by atoms with Crippen LogP contribution in [0.2, 0.25) is 0 Å². The van der Waals surface area contributed by atoms with Gasteiger partial charge in [-0.3, -0.25) is 14.4 Å². The molecular weight excluding hydrogens is 381 g/mol. The number of esters is 1. The van der Waals surface area contributed by atoms with Crippen molar-refractivity contribution in [2.45, 2.75) is 12.5 Å². The van der Waals surface area contributed by atoms with E-state index < -0.39 is 29.7 Å². The molecule has 0 fully saturated rings. The van der Waals surface area contributed by atoms with Gasteiger partial charge in [0.05, 0.1) is 12.8 Å². The number of carbonyl (C=O) groups excluding carboxylic acids is 3. The summed E-state index contributed by atoms with van der Waals surface area (Å²) in [5.74, 6) is -1.81. The van der Waals surface area contributed by atoms with Crippen LogP contribution < -0.4 is 10.6 Å². The zero-order chi connectivity index (χ0) is 20.8. The minimum atomic E-state index is -0.837. The van der Waals surface area contributed by atoms with E-state index in [0.29, 0.717) is 22.5 Å². The molecule has 2 amide bonds. The zero-order valence-electron chi connectivity index (χ0n) is 15.5. The first-order chi connectivity index (χ1) is 14.0. The third-order valence-electron chi connectivity index (χ3n) is 4.15. The molecule has 1 atom stereocenters. The highest BCUT2D eigenvalue weighted by atomic mass is 19.1. The molecule has 1 heterocycles. The van der Waals surface area contributed by atoms with Crippen molar-refractivity contribution in [3.63, 3.8) is 0 Å². The van der Waals surface area contributed by atoms with Crippen molar-refractivity contribution in [2.24, 2.45) is 5.16 Å². The van der Waals surface area contributed by atoms with E-state index in [-0.39, 0.29) is 13.0 Å². The molecule has 0 spiro atoms. The summed E-state index contributed by atoms with van der Waals surface area (Å²) in [5, 5.41) is 8.96. The Bertz CT molecular complexity index is 959. The number of carbonyl (C=O) groups is 3. The lowest BCUT2D eigenvalue weighted by Gasteiger charge is -2.10. The van der Waals surface area contributed by atoms with Gasteiger partial charge in [-0.05, 0) is 36.4 Å². The number of rotatable bonds is 6. The van der Waals surface area contributed by atoms with Gasteiger partial charge >= 0.3 is 5.97 Å². The Morgan fingerprint density at radius 1 is 1.21 bits per heavy atom. The predicted molar refractivity (Wildman–Crippen MR) is 102 cm³/mol. The van der Waals surface area contributed by atoms with Gasteiger partial charge in [-0.15, -0.1) is 0 Å². The van der Waals surface area contributed by atoms with Crippen LogP contribution in [0, 0.1) is 5.82 Å². The van der Waals surface area contributed by atoms with Crippen molar-refractivity contribution in [3.8, 4) is 0 Å². The minimum absolute atomic E-state index is 0.212. The number of ether oxygens (including phenoxy) is 1. The molecule has 0 bridgehead atoms. The van der Waals surface area contributed by atoms with Crippen molar-refractivity contribution < 1.29 is 28.3 Å². The first kappa shape index (κ1) is 20.0. The van der Waals surface area contributed by atoms with E-state index >= 15 is 0 Å². The molecule has 8 nitrogen and oxygen atoms in total. The standard InChI is InChI=1S/C20H18FN3O5/c1-28-18(25)11-22-19(26)12-5-7-15(8-6-12)23-20(27)17-10-16(24-29-17)13-3-2-4-14(21)9-13/h2-9,17H,10-11H2,1H3,(H,22,26)(H,23,27)/t17-/m1/s1. The Balaban J connectivity index is 1.53. The highest BCUT2D eigenvalue weighted by Crippen LogP contribution is 2.19. The van der Waals surface area contributed by atoms with Crippen LogP contribution in [-0.2, 0) is 19.2 Å². The Labute approximate surface area is 165 Å². The lowest BCUT2D eigenvalue weighted by Crippen LogP contribution is -2.30. The van der Waals surface area contributed by atoms with Gasteiger partial charge in [-0.2, -0.15) is 0 Å². The van der Waals surface area contributed by atoms with Crippen LogP contribution in [0.5, 0.6) is 0 Å². The number of benzene rings is 2. The van der Waals surface area contributed by atoms with E-state index in [0.717, 1.165) is 0 Å². The topological polar surface area (TPSA) is 106 Å².